The first-order valence-corrected chi connectivity index (χ1v) is 6.79. The Kier molecular flexibility index (Phi) is 4.61. The monoisotopic (exact) mass is 248 g/mol. The first kappa shape index (κ1) is 13.4. The van der Waals surface area contributed by atoms with Crippen molar-refractivity contribution in [3.05, 3.63) is 29.3 Å². The van der Waals surface area contributed by atoms with Crippen LogP contribution in [-0.4, -0.2) is 37.7 Å². The molecule has 0 saturated heterocycles. The van der Waals surface area contributed by atoms with Crippen LogP contribution in [0.4, 0.5) is 5.69 Å². The highest BCUT2D eigenvalue weighted by atomic mass is 16.5. The molecular formula is C15H24N2O. The lowest BCUT2D eigenvalue weighted by molar-refractivity contribution is 0.125. The van der Waals surface area contributed by atoms with Crippen molar-refractivity contribution in [2.45, 2.75) is 32.9 Å². The van der Waals surface area contributed by atoms with Gasteiger partial charge in [-0.15, -0.1) is 0 Å². The second kappa shape index (κ2) is 6.21. The van der Waals surface area contributed by atoms with E-state index in [9.17, 15) is 0 Å². The maximum atomic E-state index is 5.18. The van der Waals surface area contributed by atoms with Crippen LogP contribution >= 0.6 is 0 Å². The molecule has 1 aromatic carbocycles. The summed E-state index contributed by atoms with van der Waals surface area (Å²) in [6.45, 7) is 8.33. The largest absolute Gasteiger partial charge is 0.384 e. The van der Waals surface area contributed by atoms with Gasteiger partial charge in [0.15, 0.2) is 0 Å². The Hall–Kier alpha value is -1.06. The zero-order valence-electron chi connectivity index (χ0n) is 11.7. The van der Waals surface area contributed by atoms with Gasteiger partial charge in [-0.3, -0.25) is 4.90 Å². The van der Waals surface area contributed by atoms with Gasteiger partial charge in [-0.05, 0) is 37.5 Å². The summed E-state index contributed by atoms with van der Waals surface area (Å²) in [5.41, 5.74) is 4.16. The van der Waals surface area contributed by atoms with Crippen LogP contribution in [0.15, 0.2) is 18.2 Å². The maximum absolute atomic E-state index is 5.18. The number of rotatable bonds is 6. The summed E-state index contributed by atoms with van der Waals surface area (Å²) < 4.78 is 5.18. The molecule has 0 fully saturated rings. The van der Waals surface area contributed by atoms with Crippen molar-refractivity contribution in [1.29, 1.82) is 0 Å². The van der Waals surface area contributed by atoms with Crippen LogP contribution in [0.3, 0.4) is 0 Å². The van der Waals surface area contributed by atoms with Gasteiger partial charge < -0.3 is 10.1 Å². The second-order valence-electron chi connectivity index (χ2n) is 5.23. The summed E-state index contributed by atoms with van der Waals surface area (Å²) in [5, 5.41) is 3.44. The van der Waals surface area contributed by atoms with Crippen LogP contribution in [0.2, 0.25) is 0 Å². The van der Waals surface area contributed by atoms with E-state index in [1.54, 1.807) is 7.11 Å². The highest BCUT2D eigenvalue weighted by molar-refractivity contribution is 5.57. The van der Waals surface area contributed by atoms with Crippen LogP contribution < -0.4 is 5.32 Å². The molecule has 0 saturated carbocycles. The SMILES string of the molecule is COCCN(Cc1ccc2c(c1)NCC2)C(C)C. The fourth-order valence-electron chi connectivity index (χ4n) is 2.40. The first-order valence-electron chi connectivity index (χ1n) is 6.79. The van der Waals surface area contributed by atoms with Gasteiger partial charge in [0.2, 0.25) is 0 Å². The zero-order chi connectivity index (χ0) is 13.0. The van der Waals surface area contributed by atoms with Crippen molar-refractivity contribution < 1.29 is 4.74 Å². The van der Waals surface area contributed by atoms with E-state index in [0.29, 0.717) is 6.04 Å². The van der Waals surface area contributed by atoms with E-state index >= 15 is 0 Å². The molecule has 1 aliphatic rings. The number of nitrogens with zero attached hydrogens (tertiary/aromatic N) is 1. The summed E-state index contributed by atoms with van der Waals surface area (Å²) in [6, 6.07) is 7.36. The summed E-state index contributed by atoms with van der Waals surface area (Å²) in [4.78, 5) is 2.44. The van der Waals surface area contributed by atoms with Crippen molar-refractivity contribution in [2.75, 3.05) is 32.1 Å². The third kappa shape index (κ3) is 3.24. The Morgan fingerprint density at radius 1 is 1.39 bits per heavy atom. The molecule has 2 rings (SSSR count). The molecule has 0 amide bonds. The molecule has 0 spiro atoms. The van der Waals surface area contributed by atoms with Gasteiger partial charge in [0.05, 0.1) is 6.61 Å². The topological polar surface area (TPSA) is 24.5 Å². The third-order valence-corrected chi connectivity index (χ3v) is 3.58. The number of hydrogen-bond donors (Lipinski definition) is 1. The number of nitrogens with one attached hydrogen (secondary N) is 1. The van der Waals surface area contributed by atoms with Crippen LogP contribution in [0.5, 0.6) is 0 Å². The van der Waals surface area contributed by atoms with Gasteiger partial charge >= 0.3 is 0 Å². The van der Waals surface area contributed by atoms with Crippen molar-refractivity contribution in [2.24, 2.45) is 0 Å². The van der Waals surface area contributed by atoms with E-state index in [-0.39, 0.29) is 0 Å². The number of hydrogen-bond acceptors (Lipinski definition) is 3. The van der Waals surface area contributed by atoms with E-state index in [0.717, 1.165) is 32.7 Å². The average Bonchev–Trinajstić information content (AvgIpc) is 2.81. The number of ether oxygens (including phenoxy) is 1. The van der Waals surface area contributed by atoms with E-state index < -0.39 is 0 Å². The smallest absolute Gasteiger partial charge is 0.0589 e. The molecule has 3 nitrogen and oxygen atoms in total. The van der Waals surface area contributed by atoms with E-state index in [4.69, 9.17) is 4.74 Å². The third-order valence-electron chi connectivity index (χ3n) is 3.58. The summed E-state index contributed by atoms with van der Waals surface area (Å²) >= 11 is 0. The molecule has 0 aliphatic carbocycles. The molecule has 0 atom stereocenters. The molecule has 0 aromatic heterocycles. The maximum Gasteiger partial charge on any atom is 0.0589 e. The number of fused-ring (bicyclic) bond motifs is 1. The molecule has 3 heteroatoms. The molecule has 1 aliphatic heterocycles. The highest BCUT2D eigenvalue weighted by Crippen LogP contribution is 2.24. The van der Waals surface area contributed by atoms with Crippen LogP contribution in [0.1, 0.15) is 25.0 Å². The molecule has 1 heterocycles. The summed E-state index contributed by atoms with van der Waals surface area (Å²) in [6.07, 6.45) is 1.16. The van der Waals surface area contributed by atoms with Gasteiger partial charge in [-0.2, -0.15) is 0 Å². The Bertz CT molecular complexity index is 390. The second-order valence-corrected chi connectivity index (χ2v) is 5.23. The molecule has 1 N–H and O–H groups in total. The van der Waals surface area contributed by atoms with Crippen molar-refractivity contribution in [1.82, 2.24) is 4.90 Å². The zero-order valence-corrected chi connectivity index (χ0v) is 11.7. The van der Waals surface area contributed by atoms with Gasteiger partial charge in [-0.1, -0.05) is 12.1 Å². The predicted octanol–water partition coefficient (Wildman–Crippen LogP) is 2.51. The quantitative estimate of drug-likeness (QED) is 0.837. The summed E-state index contributed by atoms with van der Waals surface area (Å²) in [7, 11) is 1.76. The lowest BCUT2D eigenvalue weighted by atomic mass is 10.1. The normalized spacial score (nSPS) is 14.1. The van der Waals surface area contributed by atoms with Crippen LogP contribution in [0.25, 0.3) is 0 Å². The fraction of sp³-hybridized carbons (Fsp3) is 0.600. The van der Waals surface area contributed by atoms with Gasteiger partial charge in [0, 0.05) is 38.5 Å². The number of methoxy groups -OCH3 is 1. The van der Waals surface area contributed by atoms with Crippen LogP contribution in [-0.2, 0) is 17.7 Å². The molecule has 0 unspecified atom stereocenters. The van der Waals surface area contributed by atoms with Crippen LogP contribution in [0, 0.1) is 0 Å². The Morgan fingerprint density at radius 3 is 2.94 bits per heavy atom. The fourth-order valence-corrected chi connectivity index (χ4v) is 2.40. The number of anilines is 1. The molecule has 100 valence electrons. The Labute approximate surface area is 110 Å². The van der Waals surface area contributed by atoms with Gasteiger partial charge in [0.1, 0.15) is 0 Å². The van der Waals surface area contributed by atoms with Crippen molar-refractivity contribution in [3.8, 4) is 0 Å². The molecule has 0 radical (unpaired) electrons. The van der Waals surface area contributed by atoms with E-state index in [1.165, 1.54) is 16.8 Å². The summed E-state index contributed by atoms with van der Waals surface area (Å²) in [5.74, 6) is 0. The predicted molar refractivity (Wildman–Crippen MR) is 76.1 cm³/mol. The van der Waals surface area contributed by atoms with E-state index in [2.05, 4.69) is 42.3 Å². The molecule has 18 heavy (non-hydrogen) atoms. The van der Waals surface area contributed by atoms with Gasteiger partial charge in [0.25, 0.3) is 0 Å². The minimum Gasteiger partial charge on any atom is -0.384 e. The van der Waals surface area contributed by atoms with E-state index in [1.807, 2.05) is 0 Å². The molecular weight excluding hydrogens is 224 g/mol. The first-order chi connectivity index (χ1) is 8.70. The minimum atomic E-state index is 0.543. The minimum absolute atomic E-state index is 0.543. The van der Waals surface area contributed by atoms with Gasteiger partial charge in [-0.25, -0.2) is 0 Å². The number of benzene rings is 1. The highest BCUT2D eigenvalue weighted by Gasteiger charge is 2.13. The van der Waals surface area contributed by atoms with Crippen molar-refractivity contribution in [3.63, 3.8) is 0 Å². The Balaban J connectivity index is 2.02. The lowest BCUT2D eigenvalue weighted by Gasteiger charge is -2.26. The molecule has 1 aromatic rings. The standard InChI is InChI=1S/C15H24N2O/c1-12(2)17(8-9-18-3)11-13-4-5-14-6-7-16-15(14)10-13/h4-5,10,12,16H,6-9,11H2,1-3H3. The average molecular weight is 248 g/mol. The van der Waals surface area contributed by atoms with Crippen molar-refractivity contribution >= 4 is 5.69 Å². The Morgan fingerprint density at radius 2 is 2.22 bits per heavy atom. The molecule has 0 bridgehead atoms. The lowest BCUT2D eigenvalue weighted by Crippen LogP contribution is -2.33.